The molecule has 0 aromatic carbocycles. The number of nitrogens with zero attached hydrogens (tertiary/aromatic N) is 1. The van der Waals surface area contributed by atoms with Crippen molar-refractivity contribution >= 4 is 11.0 Å². The summed E-state index contributed by atoms with van der Waals surface area (Å²) >= 11 is 0. The molecule has 13 heteroatoms. The van der Waals surface area contributed by atoms with E-state index < -0.39 is 47.4 Å². The van der Waals surface area contributed by atoms with E-state index in [4.69, 9.17) is 5.11 Å². The predicted molar refractivity (Wildman–Crippen MR) is 48.8 cm³/mol. The normalized spacial score (nSPS) is 16.6. The molecule has 0 aliphatic carbocycles. The van der Waals surface area contributed by atoms with Gasteiger partial charge in [-0.2, -0.15) is 39.5 Å². The quantitative estimate of drug-likeness (QED) is 0.751. The summed E-state index contributed by atoms with van der Waals surface area (Å²) in [7, 11) is -3.74. The van der Waals surface area contributed by atoms with Gasteiger partial charge < -0.3 is 5.11 Å². The van der Waals surface area contributed by atoms with E-state index in [9.17, 15) is 43.7 Å². The molecule has 1 unspecified atom stereocenters. The first kappa shape index (κ1) is 19.4. The summed E-state index contributed by atoms with van der Waals surface area (Å²) < 4.78 is 123. The average molecular weight is 341 g/mol. The first-order valence-corrected chi connectivity index (χ1v) is 5.69. The maximum Gasteiger partial charge on any atom is 0.460 e. The number of hydrogen-bond acceptors (Lipinski definition) is 2. The van der Waals surface area contributed by atoms with Crippen LogP contribution in [0, 0.1) is 0 Å². The Kier molecular flexibility index (Phi) is 5.52. The Bertz CT molecular complexity index is 370. The summed E-state index contributed by atoms with van der Waals surface area (Å²) in [6.45, 7) is -1.87. The lowest BCUT2D eigenvalue weighted by molar-refractivity contribution is -0.382. The number of aliphatic hydroxyl groups excluding tert-OH is 1. The SMILES string of the molecule is CN(CCO)S(=O)C(F)(F)C(F)(F)C(F)(F)C(F)(F)F. The van der Waals surface area contributed by atoms with Crippen LogP contribution in [-0.2, 0) is 11.0 Å². The fourth-order valence-electron chi connectivity index (χ4n) is 0.890. The van der Waals surface area contributed by atoms with Gasteiger partial charge in [-0.25, -0.2) is 8.51 Å². The minimum Gasteiger partial charge on any atom is -0.395 e. The Hall–Kier alpha value is -0.560. The van der Waals surface area contributed by atoms with Crippen molar-refractivity contribution in [3.05, 3.63) is 0 Å². The number of likely N-dealkylation sites (N-methyl/N-ethyl adjacent to an activating group) is 1. The first-order chi connectivity index (χ1) is 8.64. The van der Waals surface area contributed by atoms with Crippen LogP contribution in [0.4, 0.5) is 39.5 Å². The highest BCUT2D eigenvalue weighted by Crippen LogP contribution is 2.54. The van der Waals surface area contributed by atoms with Crippen LogP contribution < -0.4 is 0 Å². The van der Waals surface area contributed by atoms with Gasteiger partial charge in [-0.1, -0.05) is 0 Å². The van der Waals surface area contributed by atoms with Crippen LogP contribution in [0.2, 0.25) is 0 Å². The zero-order valence-electron chi connectivity index (χ0n) is 9.53. The second-order valence-corrected chi connectivity index (χ2v) is 5.12. The van der Waals surface area contributed by atoms with Crippen molar-refractivity contribution in [1.29, 1.82) is 0 Å². The second-order valence-electron chi connectivity index (χ2n) is 3.49. The molecule has 0 amide bonds. The Morgan fingerprint density at radius 2 is 1.35 bits per heavy atom. The second kappa shape index (κ2) is 5.67. The molecule has 0 aromatic rings. The molecule has 0 fully saturated rings. The summed E-state index contributed by atoms with van der Waals surface area (Å²) in [5.41, 5.74) is 0. The minimum atomic E-state index is -7.08. The van der Waals surface area contributed by atoms with Gasteiger partial charge in [-0.3, -0.25) is 0 Å². The van der Waals surface area contributed by atoms with Crippen molar-refractivity contribution in [3.8, 4) is 0 Å². The Labute approximate surface area is 108 Å². The highest BCUT2D eigenvalue weighted by atomic mass is 32.2. The van der Waals surface area contributed by atoms with Crippen LogP contribution in [0.25, 0.3) is 0 Å². The van der Waals surface area contributed by atoms with Gasteiger partial charge in [-0.15, -0.1) is 0 Å². The highest BCUT2D eigenvalue weighted by molar-refractivity contribution is 7.83. The maximum atomic E-state index is 13.0. The molecule has 1 atom stereocenters. The average Bonchev–Trinajstić information content (AvgIpc) is 2.26. The van der Waals surface area contributed by atoms with E-state index in [-0.39, 0.29) is 4.31 Å². The fraction of sp³-hybridized carbons (Fsp3) is 1.00. The van der Waals surface area contributed by atoms with Crippen LogP contribution in [0.1, 0.15) is 0 Å². The van der Waals surface area contributed by atoms with Crippen LogP contribution in [0.15, 0.2) is 0 Å². The predicted octanol–water partition coefficient (Wildman–Crippen LogP) is 2.00. The molecule has 0 aliphatic heterocycles. The van der Waals surface area contributed by atoms with Gasteiger partial charge in [-0.05, 0) is 0 Å². The van der Waals surface area contributed by atoms with Crippen molar-refractivity contribution in [2.24, 2.45) is 0 Å². The summed E-state index contributed by atoms with van der Waals surface area (Å²) in [6, 6.07) is 0. The molecular formula is C7H8F9NO2S. The lowest BCUT2D eigenvalue weighted by Crippen LogP contribution is -2.63. The summed E-state index contributed by atoms with van der Waals surface area (Å²) in [5.74, 6) is -14.0. The third-order valence-electron chi connectivity index (χ3n) is 2.03. The maximum absolute atomic E-state index is 13.0. The molecule has 0 bridgehead atoms. The molecule has 0 aromatic heterocycles. The highest BCUT2D eigenvalue weighted by Gasteiger charge is 2.83. The standard InChI is InChI=1S/C7H8F9NO2S/c1-17(2-3-18)20(19)7(15,16)5(10,11)4(8,9)6(12,13)14/h18H,2-3H2,1H3. The monoisotopic (exact) mass is 341 g/mol. The summed E-state index contributed by atoms with van der Waals surface area (Å²) in [4.78, 5) is 0. The molecular weight excluding hydrogens is 333 g/mol. The zero-order chi connectivity index (χ0) is 16.6. The van der Waals surface area contributed by atoms with Crippen LogP contribution in [-0.4, -0.2) is 57.1 Å². The van der Waals surface area contributed by atoms with Gasteiger partial charge in [0, 0.05) is 13.6 Å². The lowest BCUT2D eigenvalue weighted by atomic mass is 10.1. The minimum absolute atomic E-state index is 0.180. The Balaban J connectivity index is 5.63. The van der Waals surface area contributed by atoms with E-state index >= 15 is 0 Å². The van der Waals surface area contributed by atoms with Crippen molar-refractivity contribution in [2.75, 3.05) is 20.2 Å². The van der Waals surface area contributed by atoms with Crippen molar-refractivity contribution < 1.29 is 48.8 Å². The van der Waals surface area contributed by atoms with E-state index in [1.54, 1.807) is 0 Å². The molecule has 0 radical (unpaired) electrons. The number of halogens is 9. The molecule has 0 rings (SSSR count). The number of aliphatic hydroxyl groups is 1. The van der Waals surface area contributed by atoms with E-state index in [2.05, 4.69) is 0 Å². The Morgan fingerprint density at radius 3 is 1.65 bits per heavy atom. The molecule has 0 saturated carbocycles. The van der Waals surface area contributed by atoms with Crippen LogP contribution in [0.5, 0.6) is 0 Å². The molecule has 0 saturated heterocycles. The van der Waals surface area contributed by atoms with Crippen LogP contribution >= 0.6 is 0 Å². The zero-order valence-corrected chi connectivity index (χ0v) is 10.3. The fourth-order valence-corrected chi connectivity index (χ4v) is 1.88. The third kappa shape index (κ3) is 3.03. The van der Waals surface area contributed by atoms with Gasteiger partial charge >= 0.3 is 23.3 Å². The van der Waals surface area contributed by atoms with E-state index in [1.165, 1.54) is 0 Å². The lowest BCUT2D eigenvalue weighted by Gasteiger charge is -2.34. The largest absolute Gasteiger partial charge is 0.460 e. The number of rotatable bonds is 6. The molecule has 20 heavy (non-hydrogen) atoms. The molecule has 0 heterocycles. The molecule has 122 valence electrons. The smallest absolute Gasteiger partial charge is 0.395 e. The molecule has 1 N–H and O–H groups in total. The Morgan fingerprint density at radius 1 is 0.950 bits per heavy atom. The van der Waals surface area contributed by atoms with Gasteiger partial charge in [0.15, 0.2) is 11.0 Å². The third-order valence-corrected chi connectivity index (χ3v) is 3.48. The molecule has 0 aliphatic rings. The summed E-state index contributed by atoms with van der Waals surface area (Å²) in [5, 5.41) is 2.11. The number of alkyl halides is 9. The van der Waals surface area contributed by atoms with Gasteiger partial charge in [0.1, 0.15) is 0 Å². The summed E-state index contributed by atoms with van der Waals surface area (Å²) in [6.07, 6.45) is -6.96. The topological polar surface area (TPSA) is 40.5 Å². The van der Waals surface area contributed by atoms with Crippen molar-refractivity contribution in [1.82, 2.24) is 4.31 Å². The van der Waals surface area contributed by atoms with Crippen molar-refractivity contribution in [3.63, 3.8) is 0 Å². The van der Waals surface area contributed by atoms with E-state index in [0.29, 0.717) is 7.05 Å². The first-order valence-electron chi connectivity index (χ1n) is 4.58. The molecule has 3 nitrogen and oxygen atoms in total. The van der Waals surface area contributed by atoms with E-state index in [1.807, 2.05) is 0 Å². The van der Waals surface area contributed by atoms with Crippen LogP contribution in [0.3, 0.4) is 0 Å². The van der Waals surface area contributed by atoms with Gasteiger partial charge in [0.25, 0.3) is 0 Å². The van der Waals surface area contributed by atoms with Gasteiger partial charge in [0.05, 0.1) is 6.61 Å². The molecule has 0 spiro atoms. The number of hydrogen-bond donors (Lipinski definition) is 1. The van der Waals surface area contributed by atoms with Gasteiger partial charge in [0.2, 0.25) is 0 Å². The van der Waals surface area contributed by atoms with E-state index in [0.717, 1.165) is 0 Å². The van der Waals surface area contributed by atoms with Crippen molar-refractivity contribution in [2.45, 2.75) is 23.3 Å².